The number of carbonyl (C=O) groups is 1. The van der Waals surface area contributed by atoms with Crippen LogP contribution in [0.2, 0.25) is 0 Å². The van der Waals surface area contributed by atoms with E-state index in [2.05, 4.69) is 10.3 Å². The number of hydrogen-bond acceptors (Lipinski definition) is 6. The maximum absolute atomic E-state index is 12.6. The number of benzene rings is 1. The van der Waals surface area contributed by atoms with Crippen LogP contribution in [0, 0.1) is 6.92 Å². The predicted molar refractivity (Wildman–Crippen MR) is 101 cm³/mol. The van der Waals surface area contributed by atoms with Crippen molar-refractivity contribution >= 4 is 33.1 Å². The molecule has 1 amide bonds. The van der Waals surface area contributed by atoms with Crippen LogP contribution in [-0.2, 0) is 11.3 Å². The quantitative estimate of drug-likeness (QED) is 0.718. The van der Waals surface area contributed by atoms with Crippen LogP contribution in [0.5, 0.6) is 5.75 Å². The molecule has 0 radical (unpaired) electrons. The highest BCUT2D eigenvalue weighted by Gasteiger charge is 2.19. The normalized spacial score (nSPS) is 10.9. The van der Waals surface area contributed by atoms with E-state index in [0.717, 1.165) is 0 Å². The highest BCUT2D eigenvalue weighted by molar-refractivity contribution is 7.20. The van der Waals surface area contributed by atoms with Crippen LogP contribution in [0.15, 0.2) is 35.4 Å². The number of anilines is 1. The van der Waals surface area contributed by atoms with Crippen molar-refractivity contribution in [3.63, 3.8) is 0 Å². The summed E-state index contributed by atoms with van der Waals surface area (Å²) in [6.07, 6.45) is 1.49. The van der Waals surface area contributed by atoms with Crippen LogP contribution in [0.1, 0.15) is 15.2 Å². The number of fused-ring (bicyclic) bond motifs is 1. The van der Waals surface area contributed by atoms with E-state index in [0.29, 0.717) is 45.2 Å². The van der Waals surface area contributed by atoms with E-state index in [1.165, 1.54) is 22.2 Å². The summed E-state index contributed by atoms with van der Waals surface area (Å²) in [4.78, 5) is 30.6. The van der Waals surface area contributed by atoms with Crippen molar-refractivity contribution in [3.05, 3.63) is 51.4 Å². The number of aryl methyl sites for hydroxylation is 1. The van der Waals surface area contributed by atoms with Gasteiger partial charge in [-0.25, -0.2) is 4.98 Å². The molecular formula is C18H19N3O4S. The number of nitrogens with zero attached hydrogens (tertiary/aromatic N) is 2. The Kier molecular flexibility index (Phi) is 5.34. The molecule has 0 fully saturated rings. The Morgan fingerprint density at radius 3 is 2.65 bits per heavy atom. The average molecular weight is 373 g/mol. The molecule has 1 aromatic carbocycles. The average Bonchev–Trinajstić information content (AvgIpc) is 2.99. The van der Waals surface area contributed by atoms with E-state index in [-0.39, 0.29) is 11.5 Å². The first-order valence-corrected chi connectivity index (χ1v) is 8.79. The van der Waals surface area contributed by atoms with Crippen molar-refractivity contribution < 1.29 is 14.3 Å². The zero-order valence-corrected chi connectivity index (χ0v) is 15.6. The fourth-order valence-electron chi connectivity index (χ4n) is 2.59. The van der Waals surface area contributed by atoms with Gasteiger partial charge in [0.05, 0.1) is 36.9 Å². The summed E-state index contributed by atoms with van der Waals surface area (Å²) in [7, 11) is 3.16. The third-order valence-electron chi connectivity index (χ3n) is 4.01. The van der Waals surface area contributed by atoms with Gasteiger partial charge >= 0.3 is 0 Å². The maximum atomic E-state index is 12.6. The second kappa shape index (κ2) is 7.67. The molecule has 0 bridgehead atoms. The van der Waals surface area contributed by atoms with E-state index in [1.807, 2.05) is 0 Å². The monoisotopic (exact) mass is 373 g/mol. The fraction of sp³-hybridized carbons (Fsp3) is 0.278. The molecule has 2 heterocycles. The van der Waals surface area contributed by atoms with Gasteiger partial charge < -0.3 is 14.8 Å². The molecule has 2 aromatic heterocycles. The van der Waals surface area contributed by atoms with Gasteiger partial charge in [-0.3, -0.25) is 14.2 Å². The molecule has 0 spiro atoms. The van der Waals surface area contributed by atoms with E-state index >= 15 is 0 Å². The molecule has 0 aliphatic rings. The summed E-state index contributed by atoms with van der Waals surface area (Å²) in [5.74, 6) is 0.445. The van der Waals surface area contributed by atoms with Crippen molar-refractivity contribution in [1.29, 1.82) is 0 Å². The van der Waals surface area contributed by atoms with Crippen molar-refractivity contribution in [2.45, 2.75) is 13.5 Å². The summed E-state index contributed by atoms with van der Waals surface area (Å²) in [5.41, 5.74) is 1.13. The lowest BCUT2D eigenvalue weighted by molar-refractivity contribution is 0.103. The lowest BCUT2D eigenvalue weighted by Crippen LogP contribution is -2.22. The fourth-order valence-corrected chi connectivity index (χ4v) is 3.62. The smallest absolute Gasteiger partial charge is 0.266 e. The Morgan fingerprint density at radius 1 is 1.27 bits per heavy atom. The second-order valence-electron chi connectivity index (χ2n) is 5.65. The van der Waals surface area contributed by atoms with E-state index in [4.69, 9.17) is 9.47 Å². The first-order chi connectivity index (χ1) is 12.5. The minimum absolute atomic E-state index is 0.163. The first-order valence-electron chi connectivity index (χ1n) is 7.98. The molecule has 0 unspecified atom stereocenters. The number of aromatic nitrogens is 2. The summed E-state index contributed by atoms with van der Waals surface area (Å²) < 4.78 is 11.6. The standard InChI is InChI=1S/C18H19N3O4S/c1-11-14-17(19-10-21(18(14)23)8-9-24-2)26-15(11)16(22)20-12-4-6-13(25-3)7-5-12/h4-7,10H,8-9H2,1-3H3,(H,20,22). The molecular weight excluding hydrogens is 354 g/mol. The molecule has 0 saturated heterocycles. The largest absolute Gasteiger partial charge is 0.497 e. The van der Waals surface area contributed by atoms with Gasteiger partial charge in [0.15, 0.2) is 0 Å². The molecule has 0 saturated carbocycles. The lowest BCUT2D eigenvalue weighted by atomic mass is 10.2. The first kappa shape index (κ1) is 18.1. The van der Waals surface area contributed by atoms with Gasteiger partial charge in [-0.05, 0) is 36.8 Å². The number of ether oxygens (including phenoxy) is 2. The SMILES string of the molecule is COCCn1cnc2sc(C(=O)Nc3ccc(OC)cc3)c(C)c2c1=O. The molecule has 0 aliphatic carbocycles. The summed E-state index contributed by atoms with van der Waals surface area (Å²) in [6.45, 7) is 2.60. The van der Waals surface area contributed by atoms with Gasteiger partial charge in [0.2, 0.25) is 0 Å². The number of hydrogen-bond donors (Lipinski definition) is 1. The van der Waals surface area contributed by atoms with Gasteiger partial charge in [-0.1, -0.05) is 0 Å². The molecule has 0 aliphatic heterocycles. The summed E-state index contributed by atoms with van der Waals surface area (Å²) >= 11 is 1.21. The van der Waals surface area contributed by atoms with Gasteiger partial charge in [0.25, 0.3) is 11.5 Å². The van der Waals surface area contributed by atoms with Crippen molar-refractivity contribution in [1.82, 2.24) is 9.55 Å². The van der Waals surface area contributed by atoms with Gasteiger partial charge in [-0.15, -0.1) is 11.3 Å². The summed E-state index contributed by atoms with van der Waals surface area (Å²) in [6, 6.07) is 7.05. The maximum Gasteiger partial charge on any atom is 0.266 e. The zero-order chi connectivity index (χ0) is 18.7. The van der Waals surface area contributed by atoms with Crippen molar-refractivity contribution in [2.24, 2.45) is 0 Å². The molecule has 26 heavy (non-hydrogen) atoms. The minimum Gasteiger partial charge on any atom is -0.497 e. The molecule has 3 rings (SSSR count). The topological polar surface area (TPSA) is 82.5 Å². The molecule has 7 nitrogen and oxygen atoms in total. The molecule has 136 valence electrons. The van der Waals surface area contributed by atoms with Crippen LogP contribution in [0.4, 0.5) is 5.69 Å². The van der Waals surface area contributed by atoms with Crippen molar-refractivity contribution in [3.8, 4) is 5.75 Å². The summed E-state index contributed by atoms with van der Waals surface area (Å²) in [5, 5.41) is 3.32. The Labute approximate surface area is 154 Å². The highest BCUT2D eigenvalue weighted by atomic mass is 32.1. The Bertz CT molecular complexity index is 992. The van der Waals surface area contributed by atoms with E-state index < -0.39 is 0 Å². The third kappa shape index (κ3) is 3.47. The van der Waals surface area contributed by atoms with E-state index in [9.17, 15) is 9.59 Å². The Balaban J connectivity index is 1.91. The van der Waals surface area contributed by atoms with Crippen LogP contribution >= 0.6 is 11.3 Å². The number of amides is 1. The van der Waals surface area contributed by atoms with Gasteiger partial charge in [-0.2, -0.15) is 0 Å². The predicted octanol–water partition coefficient (Wildman–Crippen LogP) is 2.67. The number of thiophene rings is 1. The van der Waals surface area contributed by atoms with Crippen LogP contribution in [0.3, 0.4) is 0 Å². The second-order valence-corrected chi connectivity index (χ2v) is 6.65. The zero-order valence-electron chi connectivity index (χ0n) is 14.7. The number of carbonyl (C=O) groups excluding carboxylic acids is 1. The van der Waals surface area contributed by atoms with Crippen LogP contribution in [0.25, 0.3) is 10.2 Å². The molecule has 0 atom stereocenters. The van der Waals surface area contributed by atoms with E-state index in [1.54, 1.807) is 45.4 Å². The molecule has 8 heteroatoms. The van der Waals surface area contributed by atoms with Gasteiger partial charge in [0.1, 0.15) is 10.6 Å². The van der Waals surface area contributed by atoms with Crippen molar-refractivity contribution in [2.75, 3.05) is 26.1 Å². The van der Waals surface area contributed by atoms with Gasteiger partial charge in [0, 0.05) is 12.8 Å². The number of rotatable bonds is 6. The Hall–Kier alpha value is -2.71. The number of methoxy groups -OCH3 is 2. The molecule has 3 aromatic rings. The van der Waals surface area contributed by atoms with Crippen LogP contribution < -0.4 is 15.6 Å². The lowest BCUT2D eigenvalue weighted by Gasteiger charge is -2.06. The molecule has 1 N–H and O–H groups in total. The highest BCUT2D eigenvalue weighted by Crippen LogP contribution is 2.27. The minimum atomic E-state index is -0.265. The van der Waals surface area contributed by atoms with Crippen LogP contribution in [-0.4, -0.2) is 36.3 Å². The Morgan fingerprint density at radius 2 is 2.00 bits per heavy atom. The third-order valence-corrected chi connectivity index (χ3v) is 5.21. The number of nitrogens with one attached hydrogen (secondary N) is 1.